The summed E-state index contributed by atoms with van der Waals surface area (Å²) in [4.78, 5) is 4.29. The van der Waals surface area contributed by atoms with Crippen LogP contribution in [0.15, 0.2) is 60.9 Å². The number of benzene rings is 2. The Bertz CT molecular complexity index is 740. The summed E-state index contributed by atoms with van der Waals surface area (Å²) in [5.74, 6) is 0.715. The lowest BCUT2D eigenvalue weighted by atomic mass is 10.3. The van der Waals surface area contributed by atoms with E-state index >= 15 is 0 Å². The molecule has 4 nitrogen and oxygen atoms in total. The molecule has 1 N–H and O–H groups in total. The zero-order chi connectivity index (χ0) is 14.7. The van der Waals surface area contributed by atoms with E-state index in [0.717, 1.165) is 5.69 Å². The molecule has 3 rings (SSSR count). The Balaban J connectivity index is 1.95. The summed E-state index contributed by atoms with van der Waals surface area (Å²) in [6.45, 7) is 0. The van der Waals surface area contributed by atoms with Crippen molar-refractivity contribution in [2.45, 2.75) is 0 Å². The zero-order valence-corrected chi connectivity index (χ0v) is 11.5. The van der Waals surface area contributed by atoms with Crippen molar-refractivity contribution in [3.63, 3.8) is 0 Å². The predicted molar refractivity (Wildman–Crippen MR) is 79.8 cm³/mol. The van der Waals surface area contributed by atoms with Gasteiger partial charge in [0.05, 0.1) is 12.8 Å². The summed E-state index contributed by atoms with van der Waals surface area (Å²) in [6, 6.07) is 14.2. The van der Waals surface area contributed by atoms with E-state index in [0.29, 0.717) is 17.4 Å². The average molecular weight is 283 g/mol. The number of rotatable bonds is 4. The van der Waals surface area contributed by atoms with Crippen molar-refractivity contribution in [1.82, 2.24) is 9.55 Å². The number of hydrogen-bond donors (Lipinski definition) is 1. The van der Waals surface area contributed by atoms with Crippen LogP contribution in [0.5, 0.6) is 5.75 Å². The van der Waals surface area contributed by atoms with Gasteiger partial charge in [-0.15, -0.1) is 0 Å². The van der Waals surface area contributed by atoms with Gasteiger partial charge < -0.3 is 10.1 Å². The van der Waals surface area contributed by atoms with E-state index in [4.69, 9.17) is 4.74 Å². The van der Waals surface area contributed by atoms with Crippen LogP contribution in [0, 0.1) is 5.82 Å². The van der Waals surface area contributed by atoms with Crippen LogP contribution in [-0.4, -0.2) is 16.7 Å². The van der Waals surface area contributed by atoms with Crippen LogP contribution in [0.2, 0.25) is 0 Å². The highest BCUT2D eigenvalue weighted by Crippen LogP contribution is 2.28. The number of ether oxygens (including phenoxy) is 1. The van der Waals surface area contributed by atoms with E-state index in [2.05, 4.69) is 10.3 Å². The molecular weight excluding hydrogens is 269 g/mol. The minimum Gasteiger partial charge on any atom is -0.494 e. The fourth-order valence-corrected chi connectivity index (χ4v) is 2.08. The van der Waals surface area contributed by atoms with Crippen LogP contribution < -0.4 is 10.1 Å². The van der Waals surface area contributed by atoms with Gasteiger partial charge in [0, 0.05) is 24.1 Å². The quantitative estimate of drug-likeness (QED) is 0.792. The third kappa shape index (κ3) is 2.72. The lowest BCUT2D eigenvalue weighted by Gasteiger charge is -2.12. The molecule has 0 aliphatic carbocycles. The van der Waals surface area contributed by atoms with Crippen molar-refractivity contribution >= 4 is 11.6 Å². The molecule has 1 aromatic heterocycles. The summed E-state index contributed by atoms with van der Waals surface area (Å²) in [5.41, 5.74) is 1.64. The topological polar surface area (TPSA) is 39.1 Å². The highest BCUT2D eigenvalue weighted by molar-refractivity contribution is 5.63. The Morgan fingerprint density at radius 2 is 1.95 bits per heavy atom. The van der Waals surface area contributed by atoms with Gasteiger partial charge in [-0.25, -0.2) is 9.37 Å². The first-order valence-corrected chi connectivity index (χ1v) is 6.47. The van der Waals surface area contributed by atoms with Crippen molar-refractivity contribution in [1.29, 1.82) is 0 Å². The van der Waals surface area contributed by atoms with Gasteiger partial charge in [-0.3, -0.25) is 4.57 Å². The number of methoxy groups -OCH3 is 1. The second-order valence-electron chi connectivity index (χ2n) is 4.43. The van der Waals surface area contributed by atoms with Gasteiger partial charge in [0.25, 0.3) is 0 Å². The molecule has 0 radical (unpaired) electrons. The largest absolute Gasteiger partial charge is 0.494 e. The van der Waals surface area contributed by atoms with Gasteiger partial charge in [-0.05, 0) is 24.3 Å². The van der Waals surface area contributed by atoms with E-state index in [1.54, 1.807) is 12.3 Å². The highest BCUT2D eigenvalue weighted by atomic mass is 19.1. The summed E-state index contributed by atoms with van der Waals surface area (Å²) >= 11 is 0. The SMILES string of the molecule is COc1cc(F)ccc1Nc1nccn1-c1ccccc1. The first kappa shape index (κ1) is 13.2. The minimum atomic E-state index is -0.344. The number of nitrogens with zero attached hydrogens (tertiary/aromatic N) is 2. The molecule has 0 bridgehead atoms. The summed E-state index contributed by atoms with van der Waals surface area (Å²) < 4.78 is 20.3. The molecule has 2 aromatic carbocycles. The van der Waals surface area contributed by atoms with Crippen LogP contribution in [0.3, 0.4) is 0 Å². The molecule has 0 aliphatic rings. The molecule has 0 fully saturated rings. The summed E-state index contributed by atoms with van der Waals surface area (Å²) in [7, 11) is 1.50. The van der Waals surface area contributed by atoms with E-state index in [-0.39, 0.29) is 5.82 Å². The van der Waals surface area contributed by atoms with E-state index in [9.17, 15) is 4.39 Å². The van der Waals surface area contributed by atoms with Gasteiger partial charge in [0.2, 0.25) is 5.95 Å². The molecule has 5 heteroatoms. The fourth-order valence-electron chi connectivity index (χ4n) is 2.08. The molecule has 21 heavy (non-hydrogen) atoms. The normalized spacial score (nSPS) is 10.4. The number of para-hydroxylation sites is 1. The minimum absolute atomic E-state index is 0.344. The lowest BCUT2D eigenvalue weighted by molar-refractivity contribution is 0.413. The lowest BCUT2D eigenvalue weighted by Crippen LogP contribution is -2.02. The van der Waals surface area contributed by atoms with E-state index < -0.39 is 0 Å². The first-order valence-electron chi connectivity index (χ1n) is 6.47. The highest BCUT2D eigenvalue weighted by Gasteiger charge is 2.09. The second kappa shape index (κ2) is 5.66. The Kier molecular flexibility index (Phi) is 3.55. The molecule has 0 atom stereocenters. The van der Waals surface area contributed by atoms with Crippen molar-refractivity contribution in [3.05, 3.63) is 66.7 Å². The van der Waals surface area contributed by atoms with Crippen LogP contribution in [0.1, 0.15) is 0 Å². The Morgan fingerprint density at radius 1 is 1.14 bits per heavy atom. The first-order chi connectivity index (χ1) is 10.3. The molecule has 3 aromatic rings. The Hall–Kier alpha value is -2.82. The maximum absolute atomic E-state index is 13.2. The standard InChI is InChI=1S/C16H14FN3O/c1-21-15-11-12(17)7-8-14(15)19-16-18-9-10-20(16)13-5-3-2-4-6-13/h2-11H,1H3,(H,18,19). The van der Waals surface area contributed by atoms with Crippen molar-refractivity contribution in [2.24, 2.45) is 0 Å². The zero-order valence-electron chi connectivity index (χ0n) is 11.5. The molecule has 0 aliphatic heterocycles. The van der Waals surface area contributed by atoms with Crippen LogP contribution in [-0.2, 0) is 0 Å². The van der Waals surface area contributed by atoms with Crippen LogP contribution in [0.25, 0.3) is 5.69 Å². The number of hydrogen-bond acceptors (Lipinski definition) is 3. The number of aromatic nitrogens is 2. The van der Waals surface area contributed by atoms with Crippen LogP contribution >= 0.6 is 0 Å². The maximum atomic E-state index is 13.2. The third-order valence-corrected chi connectivity index (χ3v) is 3.09. The molecular formula is C16H14FN3O. The molecule has 0 unspecified atom stereocenters. The van der Waals surface area contributed by atoms with Gasteiger partial charge in [0.1, 0.15) is 11.6 Å². The van der Waals surface area contributed by atoms with Gasteiger partial charge >= 0.3 is 0 Å². The number of nitrogens with one attached hydrogen (secondary N) is 1. The maximum Gasteiger partial charge on any atom is 0.212 e. The van der Waals surface area contributed by atoms with Crippen molar-refractivity contribution in [2.75, 3.05) is 12.4 Å². The van der Waals surface area contributed by atoms with Crippen LogP contribution in [0.4, 0.5) is 16.0 Å². The molecule has 106 valence electrons. The van der Waals surface area contributed by atoms with Gasteiger partial charge in [0.15, 0.2) is 0 Å². The molecule has 0 saturated carbocycles. The monoisotopic (exact) mass is 283 g/mol. The van der Waals surface area contributed by atoms with Crippen molar-refractivity contribution in [3.8, 4) is 11.4 Å². The van der Waals surface area contributed by atoms with E-state index in [1.165, 1.54) is 19.2 Å². The number of anilines is 2. The molecule has 0 spiro atoms. The second-order valence-corrected chi connectivity index (χ2v) is 4.43. The smallest absolute Gasteiger partial charge is 0.212 e. The van der Waals surface area contributed by atoms with E-state index in [1.807, 2.05) is 41.1 Å². The Labute approximate surface area is 121 Å². The summed E-state index contributed by atoms with van der Waals surface area (Å²) in [5, 5.41) is 3.16. The molecule has 0 saturated heterocycles. The van der Waals surface area contributed by atoms with Crippen molar-refractivity contribution < 1.29 is 9.13 Å². The van der Waals surface area contributed by atoms with Gasteiger partial charge in [-0.2, -0.15) is 0 Å². The number of imidazole rings is 1. The number of halogens is 1. The summed E-state index contributed by atoms with van der Waals surface area (Å²) in [6.07, 6.45) is 3.55. The predicted octanol–water partition coefficient (Wildman–Crippen LogP) is 3.76. The Morgan fingerprint density at radius 3 is 2.71 bits per heavy atom. The molecule has 1 heterocycles. The van der Waals surface area contributed by atoms with Gasteiger partial charge in [-0.1, -0.05) is 18.2 Å². The molecule has 0 amide bonds. The fraction of sp³-hybridized carbons (Fsp3) is 0.0625. The third-order valence-electron chi connectivity index (χ3n) is 3.09. The average Bonchev–Trinajstić information content (AvgIpc) is 2.98.